The minimum Gasteiger partial charge on any atom is -0.383 e. The summed E-state index contributed by atoms with van der Waals surface area (Å²) in [6.45, 7) is 2.72. The van der Waals surface area contributed by atoms with Gasteiger partial charge in [-0.15, -0.1) is 0 Å². The number of thiocarbonyl (C=S) groups is 1. The Bertz CT molecular complexity index is 1110. The van der Waals surface area contributed by atoms with Crippen LogP contribution < -0.4 is 10.9 Å². The molecule has 31 heavy (non-hydrogen) atoms. The van der Waals surface area contributed by atoms with Gasteiger partial charge >= 0.3 is 0 Å². The maximum atomic E-state index is 13.4. The van der Waals surface area contributed by atoms with Gasteiger partial charge in [0.15, 0.2) is 0 Å². The first-order valence-corrected chi connectivity index (χ1v) is 11.7. The number of carbonyl (C=O) groups is 1. The highest BCUT2D eigenvalue weighted by atomic mass is 32.2. The van der Waals surface area contributed by atoms with E-state index in [2.05, 4.69) is 5.32 Å². The zero-order chi connectivity index (χ0) is 22.0. The topological polar surface area (TPSA) is 75.9 Å². The highest BCUT2D eigenvalue weighted by molar-refractivity contribution is 8.26. The normalized spacial score (nSPS) is 19.0. The van der Waals surface area contributed by atoms with Crippen LogP contribution in [-0.4, -0.2) is 50.8 Å². The molecule has 2 aliphatic rings. The van der Waals surface area contributed by atoms with E-state index >= 15 is 0 Å². The van der Waals surface area contributed by atoms with Gasteiger partial charge in [-0.1, -0.05) is 49.3 Å². The number of aromatic nitrogens is 2. The van der Waals surface area contributed by atoms with Crippen molar-refractivity contribution >= 4 is 51.7 Å². The fourth-order valence-electron chi connectivity index (χ4n) is 3.95. The van der Waals surface area contributed by atoms with Crippen LogP contribution in [0, 0.1) is 6.92 Å². The van der Waals surface area contributed by atoms with Crippen molar-refractivity contribution in [3.8, 4) is 0 Å². The molecule has 9 heteroatoms. The van der Waals surface area contributed by atoms with E-state index < -0.39 is 0 Å². The number of hydrogen-bond donors (Lipinski definition) is 1. The van der Waals surface area contributed by atoms with Crippen LogP contribution in [0.25, 0.3) is 11.7 Å². The van der Waals surface area contributed by atoms with Crippen LogP contribution in [0.5, 0.6) is 0 Å². The molecule has 1 aliphatic carbocycles. The van der Waals surface area contributed by atoms with Crippen molar-refractivity contribution in [1.82, 2.24) is 14.3 Å². The molecule has 2 aromatic heterocycles. The summed E-state index contributed by atoms with van der Waals surface area (Å²) < 4.78 is 7.09. The van der Waals surface area contributed by atoms with Crippen molar-refractivity contribution in [3.63, 3.8) is 0 Å². The number of nitrogens with zero attached hydrogens (tertiary/aromatic N) is 3. The van der Waals surface area contributed by atoms with E-state index in [4.69, 9.17) is 21.9 Å². The summed E-state index contributed by atoms with van der Waals surface area (Å²) in [5.41, 5.74) is 1.73. The Morgan fingerprint density at radius 3 is 2.81 bits per heavy atom. The van der Waals surface area contributed by atoms with E-state index in [1.54, 1.807) is 23.8 Å². The Balaban J connectivity index is 1.77. The number of aryl methyl sites for hydroxylation is 1. The summed E-state index contributed by atoms with van der Waals surface area (Å²) in [5.74, 6) is 0.326. The zero-order valence-corrected chi connectivity index (χ0v) is 19.4. The van der Waals surface area contributed by atoms with Gasteiger partial charge in [-0.3, -0.25) is 18.9 Å². The Kier molecular flexibility index (Phi) is 6.74. The minimum absolute atomic E-state index is 0.200. The smallest absolute Gasteiger partial charge is 0.267 e. The van der Waals surface area contributed by atoms with E-state index in [9.17, 15) is 9.59 Å². The average Bonchev–Trinajstić information content (AvgIpc) is 3.03. The molecule has 0 bridgehead atoms. The molecule has 2 aromatic rings. The van der Waals surface area contributed by atoms with Crippen molar-refractivity contribution < 1.29 is 9.53 Å². The van der Waals surface area contributed by atoms with E-state index in [1.807, 2.05) is 19.1 Å². The number of methoxy groups -OCH3 is 1. The molecule has 164 valence electrons. The lowest BCUT2D eigenvalue weighted by Crippen LogP contribution is -2.31. The summed E-state index contributed by atoms with van der Waals surface area (Å²) in [6.07, 6.45) is 9.08. The second-order valence-corrected chi connectivity index (χ2v) is 9.60. The SMILES string of the molecule is COCCN1C(=O)C(=Cc2c(NC3CCCCC3)nc3ccc(C)cn3c2=O)SC1=S. The quantitative estimate of drug-likeness (QED) is 0.524. The summed E-state index contributed by atoms with van der Waals surface area (Å²) in [5, 5.41) is 3.49. The fourth-order valence-corrected chi connectivity index (χ4v) is 5.24. The Morgan fingerprint density at radius 1 is 1.29 bits per heavy atom. The first-order chi connectivity index (χ1) is 15.0. The molecule has 0 radical (unpaired) electrons. The number of carbonyl (C=O) groups excluding carboxylic acids is 1. The van der Waals surface area contributed by atoms with Gasteiger partial charge < -0.3 is 10.1 Å². The first-order valence-electron chi connectivity index (χ1n) is 10.5. The van der Waals surface area contributed by atoms with Gasteiger partial charge in [0.2, 0.25) is 0 Å². The molecule has 2 fully saturated rings. The molecule has 7 nitrogen and oxygen atoms in total. The maximum Gasteiger partial charge on any atom is 0.267 e. The molecule has 4 rings (SSSR count). The predicted octanol–water partition coefficient (Wildman–Crippen LogP) is 3.60. The molecule has 1 aliphatic heterocycles. The molecule has 0 atom stereocenters. The molecule has 3 heterocycles. The number of anilines is 1. The summed E-state index contributed by atoms with van der Waals surface area (Å²) in [4.78, 5) is 33.0. The number of rotatable bonds is 6. The summed E-state index contributed by atoms with van der Waals surface area (Å²) in [7, 11) is 1.58. The van der Waals surface area contributed by atoms with Crippen LogP contribution in [-0.2, 0) is 9.53 Å². The van der Waals surface area contributed by atoms with Crippen molar-refractivity contribution in [2.45, 2.75) is 45.1 Å². The minimum atomic E-state index is -0.204. The molecule has 1 saturated carbocycles. The maximum absolute atomic E-state index is 13.4. The van der Waals surface area contributed by atoms with E-state index in [-0.39, 0.29) is 17.5 Å². The second-order valence-electron chi connectivity index (χ2n) is 7.92. The molecule has 1 amide bonds. The number of ether oxygens (including phenoxy) is 1. The van der Waals surface area contributed by atoms with Gasteiger partial charge in [0.25, 0.3) is 11.5 Å². The number of thioether (sulfide) groups is 1. The van der Waals surface area contributed by atoms with Crippen LogP contribution in [0.15, 0.2) is 28.0 Å². The van der Waals surface area contributed by atoms with Gasteiger partial charge in [-0.05, 0) is 37.5 Å². The molecule has 0 spiro atoms. The predicted molar refractivity (Wildman–Crippen MR) is 128 cm³/mol. The molecule has 1 N–H and O–H groups in total. The van der Waals surface area contributed by atoms with Crippen LogP contribution in [0.2, 0.25) is 0 Å². The fraction of sp³-hybridized carbons (Fsp3) is 0.455. The van der Waals surface area contributed by atoms with E-state index in [0.29, 0.717) is 39.4 Å². The van der Waals surface area contributed by atoms with Gasteiger partial charge in [-0.25, -0.2) is 4.98 Å². The van der Waals surface area contributed by atoms with Gasteiger partial charge in [-0.2, -0.15) is 0 Å². The van der Waals surface area contributed by atoms with Crippen molar-refractivity contribution in [2.24, 2.45) is 0 Å². The largest absolute Gasteiger partial charge is 0.383 e. The molecule has 1 saturated heterocycles. The van der Waals surface area contributed by atoms with Crippen molar-refractivity contribution in [3.05, 3.63) is 44.7 Å². The number of nitrogens with one attached hydrogen (secondary N) is 1. The first kappa shape index (κ1) is 22.0. The van der Waals surface area contributed by atoms with Crippen LogP contribution >= 0.6 is 24.0 Å². The number of fused-ring (bicyclic) bond motifs is 1. The second kappa shape index (κ2) is 9.50. The number of amides is 1. The van der Waals surface area contributed by atoms with Gasteiger partial charge in [0.05, 0.1) is 23.6 Å². The van der Waals surface area contributed by atoms with Gasteiger partial charge in [0, 0.05) is 19.3 Å². The lowest BCUT2D eigenvalue weighted by Gasteiger charge is -2.24. The number of pyridine rings is 1. The van der Waals surface area contributed by atoms with Gasteiger partial charge in [0.1, 0.15) is 15.8 Å². The highest BCUT2D eigenvalue weighted by Gasteiger charge is 2.32. The van der Waals surface area contributed by atoms with Crippen molar-refractivity contribution in [2.75, 3.05) is 25.6 Å². The Labute approximate surface area is 190 Å². The van der Waals surface area contributed by atoms with E-state index in [1.165, 1.54) is 23.1 Å². The van der Waals surface area contributed by atoms with Crippen LogP contribution in [0.4, 0.5) is 5.82 Å². The Morgan fingerprint density at radius 2 is 2.06 bits per heavy atom. The summed E-state index contributed by atoms with van der Waals surface area (Å²) in [6, 6.07) is 4.06. The monoisotopic (exact) mass is 458 g/mol. The third-order valence-corrected chi connectivity index (χ3v) is 7.00. The van der Waals surface area contributed by atoms with E-state index in [0.717, 1.165) is 31.2 Å². The molecule has 0 aromatic carbocycles. The lowest BCUT2D eigenvalue weighted by molar-refractivity contribution is -0.122. The Hall–Kier alpha value is -2.23. The summed E-state index contributed by atoms with van der Waals surface area (Å²) >= 11 is 6.58. The van der Waals surface area contributed by atoms with Crippen molar-refractivity contribution in [1.29, 1.82) is 0 Å². The molecular formula is C22H26N4O3S2. The zero-order valence-electron chi connectivity index (χ0n) is 17.7. The molecule has 0 unspecified atom stereocenters. The molecular weight excluding hydrogens is 432 g/mol. The third-order valence-electron chi connectivity index (χ3n) is 5.62. The van der Waals surface area contributed by atoms with Crippen LogP contribution in [0.3, 0.4) is 0 Å². The third kappa shape index (κ3) is 4.68. The highest BCUT2D eigenvalue weighted by Crippen LogP contribution is 2.33. The standard InChI is InChI=1S/C22H26N4O3S2/c1-14-8-9-18-24-19(23-15-6-4-3-5-7-15)16(20(27)26(18)13-14)12-17-21(28)25(10-11-29-2)22(30)31-17/h8-9,12-13,15,23H,3-7,10-11H2,1-2H3. The number of hydrogen-bond acceptors (Lipinski definition) is 7. The van der Waals surface area contributed by atoms with Crippen LogP contribution in [0.1, 0.15) is 43.2 Å². The lowest BCUT2D eigenvalue weighted by atomic mass is 9.95. The average molecular weight is 459 g/mol.